The van der Waals surface area contributed by atoms with Crippen LogP contribution >= 0.6 is 0 Å². The summed E-state index contributed by atoms with van der Waals surface area (Å²) in [5, 5.41) is 3.09. The third-order valence-electron chi connectivity index (χ3n) is 7.00. The lowest BCUT2D eigenvalue weighted by Crippen LogP contribution is -2.46. The van der Waals surface area contributed by atoms with Crippen LogP contribution in [0.4, 0.5) is 0 Å². The van der Waals surface area contributed by atoms with Gasteiger partial charge in [-0.1, -0.05) is 60.9 Å². The third kappa shape index (κ3) is 5.79. The molecule has 2 aromatic rings. The average molecular weight is 465 g/mol. The number of para-hydroxylation sites is 1. The second kappa shape index (κ2) is 11.5. The summed E-state index contributed by atoms with van der Waals surface area (Å²) in [5.74, 6) is 0.546. The van der Waals surface area contributed by atoms with Gasteiger partial charge < -0.3 is 19.7 Å². The molecule has 0 spiro atoms. The van der Waals surface area contributed by atoms with Crippen molar-refractivity contribution in [2.45, 2.75) is 64.1 Å². The van der Waals surface area contributed by atoms with E-state index in [4.69, 9.17) is 9.47 Å². The first-order valence-corrected chi connectivity index (χ1v) is 12.4. The summed E-state index contributed by atoms with van der Waals surface area (Å²) < 4.78 is 11.3. The number of benzene rings is 2. The van der Waals surface area contributed by atoms with Crippen LogP contribution in [0, 0.1) is 12.8 Å². The highest BCUT2D eigenvalue weighted by atomic mass is 16.5. The molecule has 1 aliphatic heterocycles. The lowest BCUT2D eigenvalue weighted by molar-refractivity contribution is -0.144. The van der Waals surface area contributed by atoms with Crippen LogP contribution < -0.4 is 10.1 Å². The highest BCUT2D eigenvalue weighted by Gasteiger charge is 2.36. The fraction of sp³-hybridized carbons (Fsp3) is 0.500. The van der Waals surface area contributed by atoms with E-state index in [-0.39, 0.29) is 23.8 Å². The van der Waals surface area contributed by atoms with Crippen molar-refractivity contribution in [1.82, 2.24) is 10.2 Å². The van der Waals surface area contributed by atoms with Gasteiger partial charge in [-0.2, -0.15) is 0 Å². The van der Waals surface area contributed by atoms with Gasteiger partial charge in [-0.15, -0.1) is 0 Å². The molecule has 6 heteroatoms. The molecule has 2 aromatic carbocycles. The van der Waals surface area contributed by atoms with Crippen LogP contribution in [0.5, 0.6) is 5.75 Å². The van der Waals surface area contributed by atoms with Crippen LogP contribution in [-0.4, -0.2) is 43.1 Å². The molecule has 1 heterocycles. The summed E-state index contributed by atoms with van der Waals surface area (Å²) in [6, 6.07) is 14.9. The molecule has 0 bridgehead atoms. The van der Waals surface area contributed by atoms with Gasteiger partial charge in [0, 0.05) is 24.6 Å². The van der Waals surface area contributed by atoms with E-state index < -0.39 is 6.04 Å². The molecule has 1 saturated heterocycles. The maximum atomic E-state index is 13.9. The second-order valence-corrected chi connectivity index (χ2v) is 9.45. The predicted octanol–water partition coefficient (Wildman–Crippen LogP) is 4.56. The molecule has 2 amide bonds. The highest BCUT2D eigenvalue weighted by Crippen LogP contribution is 2.33. The zero-order chi connectivity index (χ0) is 23.9. The minimum Gasteiger partial charge on any atom is -0.496 e. The van der Waals surface area contributed by atoms with E-state index in [0.29, 0.717) is 18.8 Å². The van der Waals surface area contributed by atoms with Crippen molar-refractivity contribution >= 4 is 11.8 Å². The van der Waals surface area contributed by atoms with E-state index in [0.717, 1.165) is 61.8 Å². The van der Waals surface area contributed by atoms with Crippen LogP contribution in [0.2, 0.25) is 0 Å². The lowest BCUT2D eigenvalue weighted by Gasteiger charge is -2.34. The Morgan fingerprint density at radius 1 is 1.06 bits per heavy atom. The second-order valence-electron chi connectivity index (χ2n) is 9.45. The molecule has 4 rings (SSSR count). The summed E-state index contributed by atoms with van der Waals surface area (Å²) in [4.78, 5) is 29.3. The van der Waals surface area contributed by atoms with Gasteiger partial charge in [0.15, 0.2) is 0 Å². The van der Waals surface area contributed by atoms with E-state index in [9.17, 15) is 9.59 Å². The maximum absolute atomic E-state index is 13.9. The Kier molecular flexibility index (Phi) is 8.22. The van der Waals surface area contributed by atoms with Gasteiger partial charge >= 0.3 is 0 Å². The molecule has 0 radical (unpaired) electrons. The quantitative estimate of drug-likeness (QED) is 0.591. The SMILES string of the molecule is COc1ccccc1CN(C(=O)C1CCCC1)C(C(=O)NCC1CCCO1)c1ccc(C)cc1. The number of rotatable bonds is 9. The van der Waals surface area contributed by atoms with Gasteiger partial charge in [0.2, 0.25) is 11.8 Å². The van der Waals surface area contributed by atoms with E-state index >= 15 is 0 Å². The monoisotopic (exact) mass is 464 g/mol. The Balaban J connectivity index is 1.68. The number of aryl methyl sites for hydroxylation is 1. The van der Waals surface area contributed by atoms with Crippen molar-refractivity contribution in [2.24, 2.45) is 5.92 Å². The van der Waals surface area contributed by atoms with Crippen LogP contribution in [-0.2, 0) is 20.9 Å². The summed E-state index contributed by atoms with van der Waals surface area (Å²) in [6.07, 6.45) is 5.86. The van der Waals surface area contributed by atoms with Gasteiger partial charge in [0.25, 0.3) is 0 Å². The lowest BCUT2D eigenvalue weighted by atomic mass is 9.98. The first-order valence-electron chi connectivity index (χ1n) is 12.4. The van der Waals surface area contributed by atoms with Gasteiger partial charge in [0.1, 0.15) is 11.8 Å². The van der Waals surface area contributed by atoms with Crippen LogP contribution in [0.3, 0.4) is 0 Å². The third-order valence-corrected chi connectivity index (χ3v) is 7.00. The topological polar surface area (TPSA) is 67.9 Å². The van der Waals surface area contributed by atoms with Crippen LogP contribution in [0.1, 0.15) is 61.3 Å². The number of ether oxygens (including phenoxy) is 2. The Hall–Kier alpha value is -2.86. The minimum absolute atomic E-state index is 0.0378. The van der Waals surface area contributed by atoms with Crippen molar-refractivity contribution < 1.29 is 19.1 Å². The largest absolute Gasteiger partial charge is 0.496 e. The van der Waals surface area contributed by atoms with Crippen molar-refractivity contribution in [3.63, 3.8) is 0 Å². The summed E-state index contributed by atoms with van der Waals surface area (Å²) >= 11 is 0. The fourth-order valence-electron chi connectivity index (χ4n) is 5.06. The number of amides is 2. The number of nitrogens with one attached hydrogen (secondary N) is 1. The molecule has 182 valence electrons. The van der Waals surface area contributed by atoms with Gasteiger partial charge in [-0.3, -0.25) is 9.59 Å². The summed E-state index contributed by atoms with van der Waals surface area (Å²) in [5.41, 5.74) is 2.82. The minimum atomic E-state index is -0.722. The number of methoxy groups -OCH3 is 1. The number of hydrogen-bond donors (Lipinski definition) is 1. The first kappa shape index (κ1) is 24.3. The number of carbonyl (C=O) groups is 2. The molecule has 2 aliphatic rings. The molecule has 6 nitrogen and oxygen atoms in total. The Bertz CT molecular complexity index is 963. The van der Waals surface area contributed by atoms with Gasteiger partial charge in [-0.05, 0) is 44.2 Å². The number of carbonyl (C=O) groups excluding carboxylic acids is 2. The molecule has 1 saturated carbocycles. The molecule has 1 aliphatic carbocycles. The van der Waals surface area contributed by atoms with Crippen molar-refractivity contribution in [3.05, 3.63) is 65.2 Å². The van der Waals surface area contributed by atoms with Crippen molar-refractivity contribution in [3.8, 4) is 5.75 Å². The molecule has 2 fully saturated rings. The van der Waals surface area contributed by atoms with E-state index in [1.807, 2.05) is 55.5 Å². The van der Waals surface area contributed by atoms with Crippen molar-refractivity contribution in [2.75, 3.05) is 20.3 Å². The van der Waals surface area contributed by atoms with E-state index in [1.165, 1.54) is 0 Å². The first-order chi connectivity index (χ1) is 16.6. The van der Waals surface area contributed by atoms with E-state index in [1.54, 1.807) is 12.0 Å². The molecular weight excluding hydrogens is 428 g/mol. The van der Waals surface area contributed by atoms with Crippen molar-refractivity contribution in [1.29, 1.82) is 0 Å². The normalized spacial score (nSPS) is 19.1. The average Bonchev–Trinajstić information content (AvgIpc) is 3.58. The van der Waals surface area contributed by atoms with Gasteiger partial charge in [-0.25, -0.2) is 0 Å². The Labute approximate surface area is 202 Å². The zero-order valence-corrected chi connectivity index (χ0v) is 20.3. The molecule has 0 aromatic heterocycles. The van der Waals surface area contributed by atoms with Crippen LogP contribution in [0.25, 0.3) is 0 Å². The number of nitrogens with zero attached hydrogens (tertiary/aromatic N) is 1. The zero-order valence-electron chi connectivity index (χ0n) is 20.3. The highest BCUT2D eigenvalue weighted by molar-refractivity contribution is 5.89. The smallest absolute Gasteiger partial charge is 0.247 e. The van der Waals surface area contributed by atoms with Gasteiger partial charge in [0.05, 0.1) is 19.8 Å². The standard InChI is InChI=1S/C28H36N2O4/c1-20-13-15-21(16-14-20)26(27(31)29-18-24-11-7-17-34-24)30(28(32)22-8-3-4-9-22)19-23-10-5-6-12-25(23)33-2/h5-6,10,12-16,22,24,26H,3-4,7-9,11,17-19H2,1-2H3,(H,29,31). The molecule has 34 heavy (non-hydrogen) atoms. The van der Waals surface area contributed by atoms with E-state index in [2.05, 4.69) is 5.32 Å². The molecule has 2 unspecified atom stereocenters. The Morgan fingerprint density at radius 2 is 1.79 bits per heavy atom. The Morgan fingerprint density at radius 3 is 2.47 bits per heavy atom. The summed E-state index contributed by atoms with van der Waals surface area (Å²) in [7, 11) is 1.63. The van der Waals surface area contributed by atoms with Crippen LogP contribution in [0.15, 0.2) is 48.5 Å². The fourth-order valence-corrected chi connectivity index (χ4v) is 5.06. The maximum Gasteiger partial charge on any atom is 0.247 e. The number of hydrogen-bond acceptors (Lipinski definition) is 4. The summed E-state index contributed by atoms with van der Waals surface area (Å²) in [6.45, 7) is 3.53. The molecule has 1 N–H and O–H groups in total. The molecule has 2 atom stereocenters. The predicted molar refractivity (Wildman–Crippen MR) is 131 cm³/mol. The molecular formula is C28H36N2O4.